The summed E-state index contributed by atoms with van der Waals surface area (Å²) in [5.41, 5.74) is -0.175. The Morgan fingerprint density at radius 2 is 1.94 bits per heavy atom. The molecule has 3 heteroatoms. The molecule has 94 valence electrons. The summed E-state index contributed by atoms with van der Waals surface area (Å²) in [5.74, 6) is 0. The van der Waals surface area contributed by atoms with Crippen molar-refractivity contribution >= 4 is 0 Å². The molecular weight excluding hydrogens is 216 g/mol. The molecule has 1 aromatic rings. The molecule has 1 fully saturated rings. The summed E-state index contributed by atoms with van der Waals surface area (Å²) in [6, 6.07) is 9.96. The average Bonchev–Trinajstić information content (AvgIpc) is 3.11. The van der Waals surface area contributed by atoms with Crippen molar-refractivity contribution in [1.82, 2.24) is 0 Å². The zero-order valence-corrected chi connectivity index (χ0v) is 10.5. The van der Waals surface area contributed by atoms with Crippen LogP contribution in [0.25, 0.3) is 0 Å². The number of hydrogen-bond donors (Lipinski definition) is 1. The molecule has 0 radical (unpaired) electrons. The highest BCUT2D eigenvalue weighted by molar-refractivity contribution is 5.14. The molecule has 1 saturated carbocycles. The van der Waals surface area contributed by atoms with Gasteiger partial charge in [-0.15, -0.1) is 0 Å². The van der Waals surface area contributed by atoms with E-state index in [4.69, 9.17) is 9.47 Å². The molecule has 2 rings (SSSR count). The minimum Gasteiger partial charge on any atom is -0.385 e. The number of ether oxygens (including phenoxy) is 2. The van der Waals surface area contributed by atoms with E-state index >= 15 is 0 Å². The van der Waals surface area contributed by atoms with Crippen LogP contribution in [0, 0.1) is 0 Å². The largest absolute Gasteiger partial charge is 0.385 e. The Morgan fingerprint density at radius 1 is 1.29 bits per heavy atom. The van der Waals surface area contributed by atoms with E-state index in [9.17, 15) is 5.11 Å². The zero-order chi connectivity index (χ0) is 12.4. The van der Waals surface area contributed by atoms with Crippen LogP contribution >= 0.6 is 0 Å². The maximum absolute atomic E-state index is 10.3. The van der Waals surface area contributed by atoms with Crippen LogP contribution in [0.5, 0.6) is 0 Å². The molecule has 0 amide bonds. The SMILES string of the molecule is COC1(C(C)(O)COCc2ccccc2)CC1. The van der Waals surface area contributed by atoms with E-state index in [0.717, 1.165) is 18.4 Å². The number of aliphatic hydroxyl groups is 1. The van der Waals surface area contributed by atoms with Crippen molar-refractivity contribution in [3.8, 4) is 0 Å². The molecule has 1 unspecified atom stereocenters. The Morgan fingerprint density at radius 3 is 2.47 bits per heavy atom. The van der Waals surface area contributed by atoms with Gasteiger partial charge in [0, 0.05) is 7.11 Å². The third kappa shape index (κ3) is 2.68. The Hall–Kier alpha value is -0.900. The lowest BCUT2D eigenvalue weighted by Crippen LogP contribution is -2.46. The Balaban J connectivity index is 1.82. The lowest BCUT2D eigenvalue weighted by Gasteiger charge is -2.31. The van der Waals surface area contributed by atoms with Crippen LogP contribution in [-0.2, 0) is 16.1 Å². The molecule has 1 aromatic carbocycles. The summed E-state index contributed by atoms with van der Waals surface area (Å²) >= 11 is 0. The van der Waals surface area contributed by atoms with Gasteiger partial charge in [0.2, 0.25) is 0 Å². The topological polar surface area (TPSA) is 38.7 Å². The number of hydrogen-bond acceptors (Lipinski definition) is 3. The van der Waals surface area contributed by atoms with Crippen LogP contribution in [0.1, 0.15) is 25.3 Å². The lowest BCUT2D eigenvalue weighted by molar-refractivity contribution is -0.139. The lowest BCUT2D eigenvalue weighted by atomic mass is 9.98. The van der Waals surface area contributed by atoms with E-state index in [1.54, 1.807) is 14.0 Å². The molecule has 0 aliphatic heterocycles. The van der Waals surface area contributed by atoms with E-state index < -0.39 is 5.60 Å². The van der Waals surface area contributed by atoms with Gasteiger partial charge < -0.3 is 14.6 Å². The van der Waals surface area contributed by atoms with Gasteiger partial charge in [-0.2, -0.15) is 0 Å². The van der Waals surface area contributed by atoms with Crippen molar-refractivity contribution in [2.24, 2.45) is 0 Å². The molecule has 1 aliphatic rings. The molecule has 1 aliphatic carbocycles. The molecule has 1 atom stereocenters. The number of rotatable bonds is 6. The molecule has 0 spiro atoms. The van der Waals surface area contributed by atoms with E-state index in [1.807, 2.05) is 30.3 Å². The van der Waals surface area contributed by atoms with Crippen LogP contribution in [0.15, 0.2) is 30.3 Å². The highest BCUT2D eigenvalue weighted by atomic mass is 16.5. The van der Waals surface area contributed by atoms with Crippen molar-refractivity contribution in [2.75, 3.05) is 13.7 Å². The molecule has 0 aromatic heterocycles. The maximum atomic E-state index is 10.3. The number of benzene rings is 1. The van der Waals surface area contributed by atoms with Gasteiger partial charge in [0.1, 0.15) is 5.60 Å². The minimum atomic E-state index is -0.906. The second kappa shape index (κ2) is 4.77. The van der Waals surface area contributed by atoms with Gasteiger partial charge in [0.25, 0.3) is 0 Å². The molecule has 0 saturated heterocycles. The summed E-state index contributed by atoms with van der Waals surface area (Å²) in [6.45, 7) is 2.61. The van der Waals surface area contributed by atoms with Gasteiger partial charge in [0.05, 0.1) is 18.8 Å². The first-order valence-electron chi connectivity index (χ1n) is 5.99. The Bertz CT molecular complexity index is 355. The summed E-state index contributed by atoms with van der Waals surface area (Å²) in [7, 11) is 1.65. The van der Waals surface area contributed by atoms with E-state index in [0.29, 0.717) is 13.2 Å². The molecular formula is C14H20O3. The monoisotopic (exact) mass is 236 g/mol. The molecule has 3 nitrogen and oxygen atoms in total. The fraction of sp³-hybridized carbons (Fsp3) is 0.571. The van der Waals surface area contributed by atoms with Gasteiger partial charge in [0.15, 0.2) is 0 Å². The van der Waals surface area contributed by atoms with Crippen LogP contribution in [0.3, 0.4) is 0 Å². The standard InChI is InChI=1S/C14H20O3/c1-13(15,14(16-2)8-9-14)11-17-10-12-6-4-3-5-7-12/h3-7,15H,8-11H2,1-2H3. The van der Waals surface area contributed by atoms with Crippen LogP contribution < -0.4 is 0 Å². The predicted octanol–water partition coefficient (Wildman–Crippen LogP) is 2.13. The van der Waals surface area contributed by atoms with E-state index in [2.05, 4.69) is 0 Å². The third-order valence-electron chi connectivity index (χ3n) is 3.57. The fourth-order valence-electron chi connectivity index (χ4n) is 2.15. The van der Waals surface area contributed by atoms with E-state index in [-0.39, 0.29) is 5.60 Å². The average molecular weight is 236 g/mol. The molecule has 1 N–H and O–H groups in total. The summed E-state index contributed by atoms with van der Waals surface area (Å²) < 4.78 is 11.0. The van der Waals surface area contributed by atoms with Crippen molar-refractivity contribution in [2.45, 2.75) is 37.6 Å². The van der Waals surface area contributed by atoms with Crippen molar-refractivity contribution in [1.29, 1.82) is 0 Å². The second-order valence-electron chi connectivity index (χ2n) is 4.95. The van der Waals surface area contributed by atoms with Crippen molar-refractivity contribution in [3.63, 3.8) is 0 Å². The quantitative estimate of drug-likeness (QED) is 0.822. The van der Waals surface area contributed by atoms with Gasteiger partial charge in [-0.25, -0.2) is 0 Å². The molecule has 0 bridgehead atoms. The predicted molar refractivity (Wildman–Crippen MR) is 65.7 cm³/mol. The minimum absolute atomic E-state index is 0.301. The Labute approximate surface area is 102 Å². The normalized spacial score (nSPS) is 20.9. The number of methoxy groups -OCH3 is 1. The molecule has 17 heavy (non-hydrogen) atoms. The highest BCUT2D eigenvalue weighted by Crippen LogP contribution is 2.47. The Kier molecular flexibility index (Phi) is 3.52. The van der Waals surface area contributed by atoms with Gasteiger partial charge in [-0.05, 0) is 25.3 Å². The van der Waals surface area contributed by atoms with Crippen LogP contribution in [0.4, 0.5) is 0 Å². The third-order valence-corrected chi connectivity index (χ3v) is 3.57. The fourth-order valence-corrected chi connectivity index (χ4v) is 2.15. The molecule has 0 heterocycles. The van der Waals surface area contributed by atoms with Crippen LogP contribution in [-0.4, -0.2) is 30.0 Å². The van der Waals surface area contributed by atoms with Crippen molar-refractivity contribution in [3.05, 3.63) is 35.9 Å². The highest BCUT2D eigenvalue weighted by Gasteiger charge is 2.57. The summed E-state index contributed by atoms with van der Waals surface area (Å²) in [4.78, 5) is 0. The van der Waals surface area contributed by atoms with Crippen molar-refractivity contribution < 1.29 is 14.6 Å². The van der Waals surface area contributed by atoms with E-state index in [1.165, 1.54) is 0 Å². The second-order valence-corrected chi connectivity index (χ2v) is 4.95. The summed E-state index contributed by atoms with van der Waals surface area (Å²) in [6.07, 6.45) is 1.82. The summed E-state index contributed by atoms with van der Waals surface area (Å²) in [5, 5.41) is 10.3. The first-order chi connectivity index (χ1) is 8.10. The van der Waals surface area contributed by atoms with Gasteiger partial charge in [-0.1, -0.05) is 30.3 Å². The van der Waals surface area contributed by atoms with Gasteiger partial charge >= 0.3 is 0 Å². The first kappa shape index (κ1) is 12.6. The van der Waals surface area contributed by atoms with Gasteiger partial charge in [-0.3, -0.25) is 0 Å². The zero-order valence-electron chi connectivity index (χ0n) is 10.5. The first-order valence-corrected chi connectivity index (χ1v) is 5.99. The maximum Gasteiger partial charge on any atom is 0.114 e. The van der Waals surface area contributed by atoms with Crippen LogP contribution in [0.2, 0.25) is 0 Å². The smallest absolute Gasteiger partial charge is 0.114 e.